The molecule has 1 aliphatic carbocycles. The van der Waals surface area contributed by atoms with Gasteiger partial charge < -0.3 is 5.32 Å². The number of hydrogen-bond acceptors (Lipinski definition) is 1. The number of nitrogens with one attached hydrogen (secondary N) is 1. The van der Waals surface area contributed by atoms with Gasteiger partial charge >= 0.3 is 0 Å². The third kappa shape index (κ3) is 3.99. The highest BCUT2D eigenvalue weighted by atomic mass is 14.9. The van der Waals surface area contributed by atoms with Crippen molar-refractivity contribution in [3.05, 3.63) is 41.5 Å². The molecule has 0 radical (unpaired) electrons. The Hall–Kier alpha value is -1.08. The van der Waals surface area contributed by atoms with Gasteiger partial charge in [-0.15, -0.1) is 0 Å². The van der Waals surface area contributed by atoms with Crippen LogP contribution in [-0.2, 0) is 0 Å². The molecule has 1 aromatic rings. The van der Waals surface area contributed by atoms with E-state index in [1.807, 2.05) is 0 Å². The van der Waals surface area contributed by atoms with E-state index in [0.717, 1.165) is 18.9 Å². The van der Waals surface area contributed by atoms with Gasteiger partial charge in [-0.25, -0.2) is 0 Å². The first-order chi connectivity index (χ1) is 8.75. The zero-order valence-corrected chi connectivity index (χ0v) is 11.7. The summed E-state index contributed by atoms with van der Waals surface area (Å²) >= 11 is 0. The first-order valence-corrected chi connectivity index (χ1v) is 7.25. The predicted molar refractivity (Wildman–Crippen MR) is 79.8 cm³/mol. The Bertz CT molecular complexity index is 388. The third-order valence-corrected chi connectivity index (χ3v) is 3.66. The molecule has 1 nitrogen and oxygen atoms in total. The highest BCUT2D eigenvalue weighted by molar-refractivity contribution is 5.50. The molecule has 18 heavy (non-hydrogen) atoms. The van der Waals surface area contributed by atoms with Crippen molar-refractivity contribution in [2.45, 2.75) is 51.5 Å². The fourth-order valence-corrected chi connectivity index (χ4v) is 2.33. The van der Waals surface area contributed by atoms with Gasteiger partial charge in [0.05, 0.1) is 0 Å². The molecule has 0 aromatic heterocycles. The van der Waals surface area contributed by atoms with Gasteiger partial charge in [0.15, 0.2) is 0 Å². The van der Waals surface area contributed by atoms with Crippen molar-refractivity contribution in [3.63, 3.8) is 0 Å². The average Bonchev–Trinajstić information content (AvgIpc) is 2.26. The molecule has 0 aliphatic heterocycles. The quantitative estimate of drug-likeness (QED) is 0.732. The van der Waals surface area contributed by atoms with Crippen LogP contribution in [0.1, 0.15) is 56.6 Å². The highest BCUT2D eigenvalue weighted by Crippen LogP contribution is 2.36. The summed E-state index contributed by atoms with van der Waals surface area (Å²) < 4.78 is 0. The van der Waals surface area contributed by atoms with Gasteiger partial charge in [-0.05, 0) is 42.9 Å². The van der Waals surface area contributed by atoms with Crippen molar-refractivity contribution < 1.29 is 0 Å². The SMILES string of the molecule is CC(C)NCC/C=C/c1cccc(C2CCC2)c1. The molecule has 0 saturated heterocycles. The van der Waals surface area contributed by atoms with Crippen LogP contribution in [0.15, 0.2) is 30.3 Å². The van der Waals surface area contributed by atoms with E-state index in [-0.39, 0.29) is 0 Å². The molecule has 0 heterocycles. The van der Waals surface area contributed by atoms with Crippen LogP contribution >= 0.6 is 0 Å². The second-order valence-electron chi connectivity index (χ2n) is 5.60. The van der Waals surface area contributed by atoms with E-state index in [0.29, 0.717) is 6.04 Å². The van der Waals surface area contributed by atoms with Crippen molar-refractivity contribution in [2.24, 2.45) is 0 Å². The van der Waals surface area contributed by atoms with E-state index in [1.165, 1.54) is 30.4 Å². The minimum Gasteiger partial charge on any atom is -0.314 e. The van der Waals surface area contributed by atoms with Gasteiger partial charge in [0.2, 0.25) is 0 Å². The van der Waals surface area contributed by atoms with E-state index >= 15 is 0 Å². The van der Waals surface area contributed by atoms with E-state index < -0.39 is 0 Å². The maximum atomic E-state index is 3.43. The average molecular weight is 243 g/mol. The lowest BCUT2D eigenvalue weighted by Crippen LogP contribution is -2.23. The molecule has 0 atom stereocenters. The molecule has 1 heteroatoms. The smallest absolute Gasteiger partial charge is 0.00105 e. The summed E-state index contributed by atoms with van der Waals surface area (Å²) in [6, 6.07) is 9.62. The second-order valence-corrected chi connectivity index (χ2v) is 5.60. The number of benzene rings is 1. The van der Waals surface area contributed by atoms with E-state index in [9.17, 15) is 0 Å². The van der Waals surface area contributed by atoms with Gasteiger partial charge in [-0.1, -0.05) is 56.7 Å². The highest BCUT2D eigenvalue weighted by Gasteiger charge is 2.18. The lowest BCUT2D eigenvalue weighted by Gasteiger charge is -2.25. The summed E-state index contributed by atoms with van der Waals surface area (Å²) in [5.41, 5.74) is 2.88. The monoisotopic (exact) mass is 243 g/mol. The summed E-state index contributed by atoms with van der Waals surface area (Å²) in [6.45, 7) is 5.44. The second kappa shape index (κ2) is 6.75. The van der Waals surface area contributed by atoms with Crippen molar-refractivity contribution in [1.82, 2.24) is 5.32 Å². The molecular formula is C17H25N. The molecule has 0 amide bonds. The molecule has 0 unspecified atom stereocenters. The summed E-state index contributed by atoms with van der Waals surface area (Å²) in [5.74, 6) is 0.834. The molecule has 1 aromatic carbocycles. The maximum absolute atomic E-state index is 3.43. The van der Waals surface area contributed by atoms with Crippen LogP contribution < -0.4 is 5.32 Å². The third-order valence-electron chi connectivity index (χ3n) is 3.66. The van der Waals surface area contributed by atoms with Crippen molar-refractivity contribution in [2.75, 3.05) is 6.54 Å². The summed E-state index contributed by atoms with van der Waals surface area (Å²) in [6.07, 6.45) is 9.80. The van der Waals surface area contributed by atoms with Gasteiger partial charge in [0, 0.05) is 6.04 Å². The summed E-state index contributed by atoms with van der Waals surface area (Å²) in [4.78, 5) is 0. The maximum Gasteiger partial charge on any atom is 0.00105 e. The summed E-state index contributed by atoms with van der Waals surface area (Å²) in [5, 5.41) is 3.43. The van der Waals surface area contributed by atoms with Gasteiger partial charge in [0.25, 0.3) is 0 Å². The van der Waals surface area contributed by atoms with Crippen LogP contribution in [0.5, 0.6) is 0 Å². The molecule has 1 aliphatic rings. The first kappa shape index (κ1) is 13.4. The van der Waals surface area contributed by atoms with Gasteiger partial charge in [-0.2, -0.15) is 0 Å². The van der Waals surface area contributed by atoms with Crippen molar-refractivity contribution >= 4 is 6.08 Å². The molecule has 1 saturated carbocycles. The Labute approximate surface area is 111 Å². The summed E-state index contributed by atoms with van der Waals surface area (Å²) in [7, 11) is 0. The first-order valence-electron chi connectivity index (χ1n) is 7.25. The molecule has 2 rings (SSSR count). The molecule has 1 N–H and O–H groups in total. The molecule has 0 bridgehead atoms. The van der Waals surface area contributed by atoms with Crippen molar-refractivity contribution in [3.8, 4) is 0 Å². The lowest BCUT2D eigenvalue weighted by molar-refractivity contribution is 0.420. The molecular weight excluding hydrogens is 218 g/mol. The van der Waals surface area contributed by atoms with Crippen LogP contribution in [0.4, 0.5) is 0 Å². The van der Waals surface area contributed by atoms with E-state index in [2.05, 4.69) is 55.6 Å². The predicted octanol–water partition coefficient (Wildman–Crippen LogP) is 4.36. The fraction of sp³-hybridized carbons (Fsp3) is 0.529. The lowest BCUT2D eigenvalue weighted by atomic mass is 9.80. The van der Waals surface area contributed by atoms with Gasteiger partial charge in [-0.3, -0.25) is 0 Å². The topological polar surface area (TPSA) is 12.0 Å². The molecule has 98 valence electrons. The minimum atomic E-state index is 0.584. The molecule has 1 fully saturated rings. The van der Waals surface area contributed by atoms with Crippen LogP contribution in [0.25, 0.3) is 6.08 Å². The van der Waals surface area contributed by atoms with E-state index in [1.54, 1.807) is 0 Å². The van der Waals surface area contributed by atoms with Crippen LogP contribution in [0, 0.1) is 0 Å². The van der Waals surface area contributed by atoms with Crippen molar-refractivity contribution in [1.29, 1.82) is 0 Å². The Morgan fingerprint density at radius 3 is 2.83 bits per heavy atom. The van der Waals surface area contributed by atoms with E-state index in [4.69, 9.17) is 0 Å². The van der Waals surface area contributed by atoms with Crippen LogP contribution in [0.2, 0.25) is 0 Å². The largest absolute Gasteiger partial charge is 0.314 e. The minimum absolute atomic E-state index is 0.584. The standard InChI is InChI=1S/C17H25N/c1-14(2)18-12-4-3-7-15-8-5-11-17(13-15)16-9-6-10-16/h3,5,7-8,11,13-14,16,18H,4,6,9-10,12H2,1-2H3/b7-3+. The van der Waals surface area contributed by atoms with Gasteiger partial charge in [0.1, 0.15) is 0 Å². The Morgan fingerprint density at radius 2 is 2.17 bits per heavy atom. The Kier molecular flexibility index (Phi) is 5.00. The Morgan fingerprint density at radius 1 is 1.33 bits per heavy atom. The Balaban J connectivity index is 1.82. The number of rotatable bonds is 6. The van der Waals surface area contributed by atoms with Crippen LogP contribution in [-0.4, -0.2) is 12.6 Å². The zero-order valence-electron chi connectivity index (χ0n) is 11.7. The zero-order chi connectivity index (χ0) is 12.8. The normalized spacial score (nSPS) is 16.4. The number of hydrogen-bond donors (Lipinski definition) is 1. The fourth-order valence-electron chi connectivity index (χ4n) is 2.33. The van der Waals surface area contributed by atoms with Crippen LogP contribution in [0.3, 0.4) is 0 Å². The molecule has 0 spiro atoms.